The topological polar surface area (TPSA) is 36.3 Å². The third-order valence-electron chi connectivity index (χ3n) is 3.39. The predicted octanol–water partition coefficient (Wildman–Crippen LogP) is 2.48. The van der Waals surface area contributed by atoms with Crippen molar-refractivity contribution in [2.45, 2.75) is 25.8 Å². The molecule has 1 aromatic rings. The predicted molar refractivity (Wildman–Crippen MR) is 68.1 cm³/mol. The monoisotopic (exact) mass is 230 g/mol. The Balaban J connectivity index is 2.25. The molecule has 3 nitrogen and oxygen atoms in total. The molecule has 0 atom stereocenters. The Hall–Kier alpha value is -1.53. The molecule has 0 unspecified atom stereocenters. The lowest BCUT2D eigenvalue weighted by molar-refractivity contribution is 0.0855. The summed E-state index contributed by atoms with van der Waals surface area (Å²) >= 11 is 0. The zero-order valence-corrected chi connectivity index (χ0v) is 10.4. The van der Waals surface area contributed by atoms with Crippen LogP contribution >= 0.6 is 0 Å². The van der Waals surface area contributed by atoms with Crippen LogP contribution in [0.25, 0.3) is 0 Å². The number of benzene rings is 1. The molecule has 0 radical (unpaired) electrons. The summed E-state index contributed by atoms with van der Waals surface area (Å²) in [6.07, 6.45) is 2.07. The van der Waals surface area contributed by atoms with Crippen molar-refractivity contribution in [2.24, 2.45) is 0 Å². The molecule has 0 aliphatic carbocycles. The van der Waals surface area contributed by atoms with Crippen LogP contribution in [-0.2, 0) is 4.74 Å². The minimum absolute atomic E-state index is 0.484. The van der Waals surface area contributed by atoms with Gasteiger partial charge in [-0.2, -0.15) is 5.26 Å². The molecule has 1 aliphatic heterocycles. The van der Waals surface area contributed by atoms with E-state index in [4.69, 9.17) is 10.00 Å². The average Bonchev–Trinajstić information content (AvgIpc) is 2.39. The molecule has 0 spiro atoms. The van der Waals surface area contributed by atoms with Crippen molar-refractivity contribution in [2.75, 3.05) is 25.2 Å². The van der Waals surface area contributed by atoms with Gasteiger partial charge in [0.1, 0.15) is 6.07 Å². The fraction of sp³-hybridized carbons (Fsp3) is 0.500. The van der Waals surface area contributed by atoms with E-state index in [2.05, 4.69) is 31.0 Å². The smallest absolute Gasteiger partial charge is 0.101 e. The molecule has 1 aromatic carbocycles. The number of hydrogen-bond donors (Lipinski definition) is 0. The summed E-state index contributed by atoms with van der Waals surface area (Å²) in [4.78, 5) is 2.23. The van der Waals surface area contributed by atoms with Crippen LogP contribution in [0.1, 0.15) is 24.0 Å². The van der Waals surface area contributed by atoms with Crippen molar-refractivity contribution >= 4 is 5.69 Å². The third-order valence-corrected chi connectivity index (χ3v) is 3.39. The molecule has 0 N–H and O–H groups in total. The van der Waals surface area contributed by atoms with Crippen molar-refractivity contribution in [1.82, 2.24) is 0 Å². The van der Waals surface area contributed by atoms with Crippen LogP contribution in [0.4, 0.5) is 5.69 Å². The Morgan fingerprint density at radius 2 is 2.06 bits per heavy atom. The molecule has 90 valence electrons. The van der Waals surface area contributed by atoms with Gasteiger partial charge in [-0.05, 0) is 37.5 Å². The third kappa shape index (κ3) is 2.59. The van der Waals surface area contributed by atoms with Crippen LogP contribution in [0.15, 0.2) is 18.2 Å². The first kappa shape index (κ1) is 11.9. The maximum Gasteiger partial charge on any atom is 0.101 e. The van der Waals surface area contributed by atoms with Crippen LogP contribution < -0.4 is 4.90 Å². The molecule has 1 fully saturated rings. The lowest BCUT2D eigenvalue weighted by Gasteiger charge is -2.33. The molecule has 0 amide bonds. The van der Waals surface area contributed by atoms with Gasteiger partial charge in [-0.1, -0.05) is 6.07 Å². The van der Waals surface area contributed by atoms with Gasteiger partial charge < -0.3 is 9.64 Å². The normalized spacial score (nSPS) is 16.5. The van der Waals surface area contributed by atoms with Crippen LogP contribution in [0, 0.1) is 18.3 Å². The summed E-state index contributed by atoms with van der Waals surface area (Å²) in [6, 6.07) is 8.73. The second kappa shape index (κ2) is 5.20. The highest BCUT2D eigenvalue weighted by Gasteiger charge is 2.20. The summed E-state index contributed by atoms with van der Waals surface area (Å²) in [7, 11) is 2.08. The van der Waals surface area contributed by atoms with E-state index >= 15 is 0 Å². The molecule has 1 saturated heterocycles. The van der Waals surface area contributed by atoms with Gasteiger partial charge in [0.15, 0.2) is 0 Å². The van der Waals surface area contributed by atoms with Crippen molar-refractivity contribution in [3.63, 3.8) is 0 Å². The molecule has 2 rings (SSSR count). The Morgan fingerprint density at radius 1 is 1.35 bits per heavy atom. The maximum atomic E-state index is 9.16. The quantitative estimate of drug-likeness (QED) is 0.783. The minimum Gasteiger partial charge on any atom is -0.381 e. The van der Waals surface area contributed by atoms with E-state index in [0.29, 0.717) is 6.04 Å². The van der Waals surface area contributed by atoms with E-state index in [1.165, 1.54) is 5.56 Å². The van der Waals surface area contributed by atoms with Gasteiger partial charge in [0.25, 0.3) is 0 Å². The lowest BCUT2D eigenvalue weighted by Crippen LogP contribution is -2.37. The van der Waals surface area contributed by atoms with E-state index in [9.17, 15) is 0 Å². The molecule has 3 heteroatoms. The Bertz CT molecular complexity index is 430. The number of hydrogen-bond acceptors (Lipinski definition) is 3. The van der Waals surface area contributed by atoms with Gasteiger partial charge in [-0.25, -0.2) is 0 Å². The molecule has 1 heterocycles. The summed E-state index contributed by atoms with van der Waals surface area (Å²) in [5.41, 5.74) is 2.99. The van der Waals surface area contributed by atoms with Gasteiger partial charge in [-0.3, -0.25) is 0 Å². The second-order valence-electron chi connectivity index (χ2n) is 4.59. The molecule has 0 saturated carbocycles. The molecule has 1 aliphatic rings. The van der Waals surface area contributed by atoms with Crippen LogP contribution in [-0.4, -0.2) is 26.3 Å². The minimum atomic E-state index is 0.484. The average molecular weight is 230 g/mol. The van der Waals surface area contributed by atoms with E-state index in [0.717, 1.165) is 37.3 Å². The first-order valence-corrected chi connectivity index (χ1v) is 6.03. The molecule has 17 heavy (non-hydrogen) atoms. The van der Waals surface area contributed by atoms with Crippen molar-refractivity contribution < 1.29 is 4.74 Å². The highest BCUT2D eigenvalue weighted by Crippen LogP contribution is 2.25. The number of nitriles is 1. The van der Waals surface area contributed by atoms with E-state index in [1.54, 1.807) is 0 Å². The number of nitrogens with zero attached hydrogens (tertiary/aromatic N) is 2. The van der Waals surface area contributed by atoms with Gasteiger partial charge >= 0.3 is 0 Å². The van der Waals surface area contributed by atoms with Gasteiger partial charge in [-0.15, -0.1) is 0 Å². The fourth-order valence-electron chi connectivity index (χ4n) is 2.30. The first-order valence-electron chi connectivity index (χ1n) is 6.03. The summed E-state index contributed by atoms with van der Waals surface area (Å²) < 4.78 is 5.37. The van der Waals surface area contributed by atoms with E-state index in [1.807, 2.05) is 12.1 Å². The van der Waals surface area contributed by atoms with Gasteiger partial charge in [0, 0.05) is 26.3 Å². The van der Waals surface area contributed by atoms with Crippen LogP contribution in [0.3, 0.4) is 0 Å². The standard InChI is InChI=1S/C14H18N2O/c1-11-3-4-12(10-15)14(9-11)16(2)13-5-7-17-8-6-13/h3-4,9,13H,5-8H2,1-2H3. The Labute approximate surface area is 103 Å². The van der Waals surface area contributed by atoms with Crippen molar-refractivity contribution in [1.29, 1.82) is 5.26 Å². The zero-order valence-electron chi connectivity index (χ0n) is 10.4. The summed E-state index contributed by atoms with van der Waals surface area (Å²) in [6.45, 7) is 3.70. The Kier molecular flexibility index (Phi) is 3.65. The van der Waals surface area contributed by atoms with Crippen molar-refractivity contribution in [3.05, 3.63) is 29.3 Å². The lowest BCUT2D eigenvalue weighted by atomic mass is 10.0. The first-order chi connectivity index (χ1) is 8.22. The number of aryl methyl sites for hydroxylation is 1. The fourth-order valence-corrected chi connectivity index (χ4v) is 2.30. The number of ether oxygens (including phenoxy) is 1. The van der Waals surface area contributed by atoms with Crippen molar-refractivity contribution in [3.8, 4) is 6.07 Å². The molecular formula is C14H18N2O. The van der Waals surface area contributed by atoms with Crippen LogP contribution in [0.5, 0.6) is 0 Å². The number of rotatable bonds is 2. The Morgan fingerprint density at radius 3 is 2.71 bits per heavy atom. The zero-order chi connectivity index (χ0) is 12.3. The summed E-state index contributed by atoms with van der Waals surface area (Å²) in [5.74, 6) is 0. The highest BCUT2D eigenvalue weighted by atomic mass is 16.5. The second-order valence-corrected chi connectivity index (χ2v) is 4.59. The molecular weight excluding hydrogens is 212 g/mol. The largest absolute Gasteiger partial charge is 0.381 e. The maximum absolute atomic E-state index is 9.16. The molecule has 0 bridgehead atoms. The highest BCUT2D eigenvalue weighted by molar-refractivity contribution is 5.60. The SMILES string of the molecule is Cc1ccc(C#N)c(N(C)C2CCOCC2)c1. The molecule has 0 aromatic heterocycles. The number of anilines is 1. The summed E-state index contributed by atoms with van der Waals surface area (Å²) in [5, 5.41) is 9.16. The van der Waals surface area contributed by atoms with E-state index in [-0.39, 0.29) is 0 Å². The van der Waals surface area contributed by atoms with Gasteiger partial charge in [0.2, 0.25) is 0 Å². The van der Waals surface area contributed by atoms with E-state index < -0.39 is 0 Å². The van der Waals surface area contributed by atoms with Gasteiger partial charge in [0.05, 0.1) is 11.3 Å². The van der Waals surface area contributed by atoms with Crippen LogP contribution in [0.2, 0.25) is 0 Å².